The first-order valence-electron chi connectivity index (χ1n) is 11.4. The molecule has 0 amide bonds. The van der Waals surface area contributed by atoms with Crippen LogP contribution in [0.1, 0.15) is 25.7 Å². The highest BCUT2D eigenvalue weighted by atomic mass is 28.3. The number of rotatable bonds is 16. The molecule has 0 aliphatic carbocycles. The third kappa shape index (κ3) is 7.29. The van der Waals surface area contributed by atoms with Crippen LogP contribution in [0.3, 0.4) is 0 Å². The lowest BCUT2D eigenvalue weighted by atomic mass is 9.92. The van der Waals surface area contributed by atoms with Gasteiger partial charge in [0.15, 0.2) is 8.40 Å². The zero-order valence-electron chi connectivity index (χ0n) is 21.7. The van der Waals surface area contributed by atoms with Crippen molar-refractivity contribution in [3.8, 4) is 0 Å². The van der Waals surface area contributed by atoms with Crippen LogP contribution >= 0.6 is 0 Å². The third-order valence-corrected chi connectivity index (χ3v) is 8.83. The molecule has 47 heavy (non-hydrogen) atoms. The Morgan fingerprint density at radius 1 is 0.298 bits per heavy atom. The van der Waals surface area contributed by atoms with Crippen molar-refractivity contribution in [3.05, 3.63) is 0 Å². The zero-order valence-corrected chi connectivity index (χ0v) is 22.7. The van der Waals surface area contributed by atoms with Gasteiger partial charge in [-0.2, -0.15) is 114 Å². The molecule has 0 heterocycles. The molecule has 0 bridgehead atoms. The number of nitrogens with two attached hydrogens (primary N) is 2. The van der Waals surface area contributed by atoms with Gasteiger partial charge in [-0.05, 0) is 24.9 Å². The van der Waals surface area contributed by atoms with Crippen molar-refractivity contribution in [1.29, 1.82) is 0 Å². The Bertz CT molecular complexity index is 991. The van der Waals surface area contributed by atoms with E-state index in [-0.39, 0.29) is 0 Å². The summed E-state index contributed by atoms with van der Waals surface area (Å²) in [5.41, 5.74) is 0. The van der Waals surface area contributed by atoms with Crippen molar-refractivity contribution in [1.82, 2.24) is 0 Å². The number of hydrogen-bond donors (Lipinski definition) is 2. The Kier molecular flexibility index (Phi) is 11.8. The molecule has 0 aliphatic rings. The number of halogens is 26. The predicted octanol–water partition coefficient (Wildman–Crippen LogP) is 9.38. The maximum Gasteiger partial charge on any atom is 0.460 e. The van der Waals surface area contributed by atoms with Crippen molar-refractivity contribution in [2.24, 2.45) is 10.8 Å². The Labute approximate surface area is 243 Å². The molecule has 0 fully saturated rings. The van der Waals surface area contributed by atoms with Crippen molar-refractivity contribution in [2.75, 3.05) is 0 Å². The maximum absolute atomic E-state index is 13.8. The minimum Gasteiger partial charge on any atom is -0.339 e. The summed E-state index contributed by atoms with van der Waals surface area (Å²) in [7, 11) is -4.66. The van der Waals surface area contributed by atoms with E-state index in [4.69, 9.17) is 10.8 Å². The topological polar surface area (TPSA) is 52.0 Å². The summed E-state index contributed by atoms with van der Waals surface area (Å²) < 4.78 is 340. The molecule has 0 saturated heterocycles. The molecule has 2 nitrogen and oxygen atoms in total. The van der Waals surface area contributed by atoms with E-state index in [9.17, 15) is 114 Å². The van der Waals surface area contributed by atoms with Crippen LogP contribution in [0.5, 0.6) is 0 Å². The van der Waals surface area contributed by atoms with Gasteiger partial charge in [-0.3, -0.25) is 0 Å². The van der Waals surface area contributed by atoms with Crippen LogP contribution in [0.25, 0.3) is 0 Å². The molecule has 4 N–H and O–H groups in total. The van der Waals surface area contributed by atoms with E-state index in [1.165, 1.54) is 0 Å². The van der Waals surface area contributed by atoms with E-state index in [1.807, 2.05) is 0 Å². The third-order valence-electron chi connectivity index (χ3n) is 6.26. The molecule has 0 atom stereocenters. The maximum atomic E-state index is 13.8. The molecule has 29 heteroatoms. The molecule has 0 aliphatic heterocycles. The molecular formula is C18H16F26N2Si. The lowest BCUT2D eigenvalue weighted by molar-refractivity contribution is -0.440. The fourth-order valence-electron chi connectivity index (χ4n) is 3.32. The highest BCUT2D eigenvalue weighted by Gasteiger charge is 2.92. The Hall–Kier alpha value is -1.68. The Balaban J connectivity index is 5.79. The summed E-state index contributed by atoms with van der Waals surface area (Å²) in [4.78, 5) is 0. The van der Waals surface area contributed by atoms with E-state index in [0.717, 1.165) is 0 Å². The van der Waals surface area contributed by atoms with Crippen LogP contribution in [-0.4, -0.2) is 80.0 Å². The lowest BCUT2D eigenvalue weighted by Gasteiger charge is -2.40. The van der Waals surface area contributed by atoms with Gasteiger partial charge in [0.1, 0.15) is 0 Å². The smallest absolute Gasteiger partial charge is 0.339 e. The standard InChI is InChI=1S/C18H16F26N2Si/c19-7(20,9(23,24)11(27,28)13(31,32)15(35,36)17(39,40)41)3-1-5-47(45,46)6-2-4-8(21,22)10(25,26)12(29,30)14(33,34)16(37,38)18(42,43)44/h1-6,45-46H2. The first-order chi connectivity index (χ1) is 19.9. The van der Waals surface area contributed by atoms with E-state index in [2.05, 4.69) is 0 Å². The van der Waals surface area contributed by atoms with Crippen LogP contribution in [0.4, 0.5) is 114 Å². The molecule has 284 valence electrons. The molecule has 0 spiro atoms. The molecule has 0 unspecified atom stereocenters. The van der Waals surface area contributed by atoms with Gasteiger partial charge in [0.2, 0.25) is 0 Å². The van der Waals surface area contributed by atoms with Gasteiger partial charge in [0.05, 0.1) is 0 Å². The molecule has 0 aromatic rings. The van der Waals surface area contributed by atoms with Crippen molar-refractivity contribution in [3.63, 3.8) is 0 Å². The van der Waals surface area contributed by atoms with Gasteiger partial charge in [-0.1, -0.05) is 0 Å². The van der Waals surface area contributed by atoms with Crippen LogP contribution in [-0.2, 0) is 0 Å². The average molecular weight is 782 g/mol. The quantitative estimate of drug-likeness (QED) is 0.121. The number of alkyl halides is 26. The molecular weight excluding hydrogens is 766 g/mol. The van der Waals surface area contributed by atoms with Crippen LogP contribution in [0.2, 0.25) is 12.1 Å². The van der Waals surface area contributed by atoms with Crippen LogP contribution < -0.4 is 10.8 Å². The van der Waals surface area contributed by atoms with Gasteiger partial charge in [-0.25, -0.2) is 0 Å². The second-order valence-electron chi connectivity index (χ2n) is 9.94. The Morgan fingerprint density at radius 2 is 0.489 bits per heavy atom. The molecule has 0 aromatic carbocycles. The van der Waals surface area contributed by atoms with Gasteiger partial charge < -0.3 is 10.8 Å². The molecule has 0 radical (unpaired) electrons. The normalized spacial score (nSPS) is 16.6. The summed E-state index contributed by atoms with van der Waals surface area (Å²) in [6.07, 6.45) is -24.8. The minimum absolute atomic E-state index is 1.49. The van der Waals surface area contributed by atoms with Crippen molar-refractivity contribution < 1.29 is 114 Å². The van der Waals surface area contributed by atoms with Gasteiger partial charge in [0, 0.05) is 12.8 Å². The SMILES string of the molecule is N[Si](N)(CCCC(F)(F)C(F)(F)C(F)(F)C(F)(F)C(F)(F)C(F)(F)F)CCCC(F)(F)C(F)(F)C(F)(F)C(F)(F)C(F)(F)C(F)(F)F. The van der Waals surface area contributed by atoms with E-state index >= 15 is 0 Å². The lowest BCUT2D eigenvalue weighted by Crippen LogP contribution is -2.70. The minimum atomic E-state index is -8.23. The first kappa shape index (κ1) is 45.3. The largest absolute Gasteiger partial charge is 0.460 e. The van der Waals surface area contributed by atoms with Crippen LogP contribution in [0.15, 0.2) is 0 Å². The highest BCUT2D eigenvalue weighted by Crippen LogP contribution is 2.62. The summed E-state index contributed by atoms with van der Waals surface area (Å²) in [5.74, 6) is -77.6. The first-order valence-corrected chi connectivity index (χ1v) is 14.0. The fourth-order valence-corrected chi connectivity index (χ4v) is 5.24. The summed E-state index contributed by atoms with van der Waals surface area (Å²) in [6.45, 7) is 0. The van der Waals surface area contributed by atoms with E-state index < -0.39 is 118 Å². The van der Waals surface area contributed by atoms with Crippen molar-refractivity contribution >= 4 is 8.40 Å². The molecule has 0 aromatic heterocycles. The fraction of sp³-hybridized carbons (Fsp3) is 1.00. The summed E-state index contributed by atoms with van der Waals surface area (Å²) in [6, 6.07) is -2.99. The second kappa shape index (κ2) is 12.3. The van der Waals surface area contributed by atoms with Crippen LogP contribution in [0, 0.1) is 0 Å². The molecule has 0 saturated carbocycles. The van der Waals surface area contributed by atoms with Crippen molar-refractivity contribution in [2.45, 2.75) is 109 Å². The zero-order chi connectivity index (χ0) is 38.7. The molecule has 0 rings (SSSR count). The van der Waals surface area contributed by atoms with Gasteiger partial charge in [0.25, 0.3) is 0 Å². The summed E-state index contributed by atoms with van der Waals surface area (Å²) >= 11 is 0. The summed E-state index contributed by atoms with van der Waals surface area (Å²) in [5, 5.41) is 10.4. The number of hydrogen-bond acceptors (Lipinski definition) is 2. The average Bonchev–Trinajstić information content (AvgIpc) is 2.80. The predicted molar refractivity (Wildman–Crippen MR) is 104 cm³/mol. The monoisotopic (exact) mass is 782 g/mol. The Morgan fingerprint density at radius 3 is 0.681 bits per heavy atom. The highest BCUT2D eigenvalue weighted by molar-refractivity contribution is 6.73. The van der Waals surface area contributed by atoms with Gasteiger partial charge in [-0.15, -0.1) is 0 Å². The van der Waals surface area contributed by atoms with E-state index in [0.29, 0.717) is 0 Å². The van der Waals surface area contributed by atoms with E-state index in [1.54, 1.807) is 0 Å². The second-order valence-corrected chi connectivity index (χ2v) is 13.4. The van der Waals surface area contributed by atoms with Gasteiger partial charge >= 0.3 is 71.6 Å².